The predicted molar refractivity (Wildman–Crippen MR) is 70.5 cm³/mol. The molecule has 2 rings (SSSR count). The smallest absolute Gasteiger partial charge is 0.260 e. The molecule has 0 aliphatic carbocycles. The number of hydrogen-bond donors (Lipinski definition) is 2. The number of aromatic nitrogens is 2. The lowest BCUT2D eigenvalue weighted by molar-refractivity contribution is 0.102. The molecule has 8 heteroatoms. The van der Waals surface area contributed by atoms with Crippen LogP contribution in [0.15, 0.2) is 18.2 Å². The van der Waals surface area contributed by atoms with Gasteiger partial charge in [-0.05, 0) is 19.1 Å². The van der Waals surface area contributed by atoms with Gasteiger partial charge in [0.25, 0.3) is 5.91 Å². The molecule has 104 valence electrons. The molecule has 0 bridgehead atoms. The Balaban J connectivity index is 2.30. The van der Waals surface area contributed by atoms with E-state index >= 15 is 0 Å². The van der Waals surface area contributed by atoms with Crippen LogP contribution < -0.4 is 11.1 Å². The molecule has 0 spiro atoms. The summed E-state index contributed by atoms with van der Waals surface area (Å²) in [6, 6.07) is 2.94. The van der Waals surface area contributed by atoms with Gasteiger partial charge >= 0.3 is 0 Å². The van der Waals surface area contributed by atoms with E-state index in [-0.39, 0.29) is 22.4 Å². The zero-order valence-corrected chi connectivity index (χ0v) is 11.0. The monoisotopic (exact) mass is 298 g/mol. The summed E-state index contributed by atoms with van der Waals surface area (Å²) >= 11 is 5.72. The van der Waals surface area contributed by atoms with Crippen molar-refractivity contribution in [2.45, 2.75) is 6.92 Å². The molecule has 1 heterocycles. The molecular formula is C12H9ClF2N4O. The molecule has 1 aromatic carbocycles. The molecule has 2 aromatic rings. The number of hydrogen-bond acceptors (Lipinski definition) is 4. The van der Waals surface area contributed by atoms with E-state index in [0.717, 1.165) is 6.07 Å². The first-order valence-electron chi connectivity index (χ1n) is 5.44. The van der Waals surface area contributed by atoms with E-state index in [1.54, 1.807) is 6.92 Å². The van der Waals surface area contributed by atoms with Crippen LogP contribution in [0.5, 0.6) is 0 Å². The first-order valence-corrected chi connectivity index (χ1v) is 5.81. The number of anilines is 2. The molecular weight excluding hydrogens is 290 g/mol. The first-order chi connectivity index (χ1) is 9.36. The number of aryl methyl sites for hydroxylation is 1. The van der Waals surface area contributed by atoms with Crippen molar-refractivity contribution in [3.63, 3.8) is 0 Å². The zero-order valence-electron chi connectivity index (χ0n) is 10.2. The Morgan fingerprint density at radius 1 is 1.25 bits per heavy atom. The van der Waals surface area contributed by atoms with Crippen molar-refractivity contribution in [2.75, 3.05) is 11.1 Å². The van der Waals surface area contributed by atoms with Gasteiger partial charge in [0.05, 0.1) is 5.56 Å². The Hall–Kier alpha value is -2.28. The van der Waals surface area contributed by atoms with Crippen LogP contribution >= 0.6 is 11.6 Å². The minimum Gasteiger partial charge on any atom is -0.398 e. The number of nitrogen functional groups attached to an aromatic ring is 1. The van der Waals surface area contributed by atoms with Crippen molar-refractivity contribution < 1.29 is 13.6 Å². The normalized spacial score (nSPS) is 10.4. The van der Waals surface area contributed by atoms with Gasteiger partial charge < -0.3 is 5.73 Å². The Labute approximate surface area is 117 Å². The van der Waals surface area contributed by atoms with Crippen LogP contribution in [0.2, 0.25) is 5.15 Å². The number of benzene rings is 1. The van der Waals surface area contributed by atoms with Crippen LogP contribution in [0, 0.1) is 18.6 Å². The molecule has 0 aliphatic heterocycles. The molecule has 0 atom stereocenters. The van der Waals surface area contributed by atoms with Gasteiger partial charge in [-0.15, -0.1) is 0 Å². The van der Waals surface area contributed by atoms with Gasteiger partial charge in [-0.3, -0.25) is 10.1 Å². The quantitative estimate of drug-likeness (QED) is 0.659. The zero-order chi connectivity index (χ0) is 14.9. The number of nitrogens with zero attached hydrogens (tertiary/aromatic N) is 2. The van der Waals surface area contributed by atoms with Crippen molar-refractivity contribution >= 4 is 29.1 Å². The van der Waals surface area contributed by atoms with Crippen molar-refractivity contribution in [2.24, 2.45) is 0 Å². The summed E-state index contributed by atoms with van der Waals surface area (Å²) in [5, 5.41) is 2.46. The molecule has 1 aromatic heterocycles. The van der Waals surface area contributed by atoms with Gasteiger partial charge in [0.1, 0.15) is 5.15 Å². The van der Waals surface area contributed by atoms with Gasteiger partial charge in [0.2, 0.25) is 5.95 Å². The van der Waals surface area contributed by atoms with E-state index in [2.05, 4.69) is 15.3 Å². The highest BCUT2D eigenvalue weighted by Gasteiger charge is 2.15. The third kappa shape index (κ3) is 3.00. The van der Waals surface area contributed by atoms with Gasteiger partial charge in [-0.2, -0.15) is 0 Å². The van der Waals surface area contributed by atoms with E-state index in [1.165, 1.54) is 6.07 Å². The average molecular weight is 299 g/mol. The molecule has 0 unspecified atom stereocenters. The summed E-state index contributed by atoms with van der Waals surface area (Å²) in [7, 11) is 0. The maximum atomic E-state index is 13.1. The Bertz CT molecular complexity index is 673. The van der Waals surface area contributed by atoms with Crippen LogP contribution in [0.25, 0.3) is 0 Å². The number of rotatable bonds is 2. The van der Waals surface area contributed by atoms with Crippen molar-refractivity contribution in [1.82, 2.24) is 9.97 Å². The number of nitrogens with two attached hydrogens (primary N) is 1. The van der Waals surface area contributed by atoms with E-state index in [1.807, 2.05) is 0 Å². The fourth-order valence-electron chi connectivity index (χ4n) is 1.51. The third-order valence-electron chi connectivity index (χ3n) is 2.39. The first kappa shape index (κ1) is 14.1. The standard InChI is InChI=1S/C12H9ClF2N4O/c1-5-2-10(13)18-12(17-5)19-11(20)6-3-7(14)8(15)4-9(6)16/h2-4H,16H2,1H3,(H,17,18,19,20). The third-order valence-corrected chi connectivity index (χ3v) is 2.58. The maximum absolute atomic E-state index is 13.1. The second kappa shape index (κ2) is 5.38. The van der Waals surface area contributed by atoms with Gasteiger partial charge in [0.15, 0.2) is 11.6 Å². The molecule has 5 nitrogen and oxygen atoms in total. The number of amides is 1. The highest BCUT2D eigenvalue weighted by molar-refractivity contribution is 6.29. The SMILES string of the molecule is Cc1cc(Cl)nc(NC(=O)c2cc(F)c(F)cc2N)n1. The second-order valence-corrected chi connectivity index (χ2v) is 4.35. The van der Waals surface area contributed by atoms with E-state index in [9.17, 15) is 13.6 Å². The predicted octanol–water partition coefficient (Wildman–Crippen LogP) is 2.55. The Kier molecular flexibility index (Phi) is 3.80. The van der Waals surface area contributed by atoms with E-state index in [4.69, 9.17) is 17.3 Å². The fourth-order valence-corrected chi connectivity index (χ4v) is 1.75. The summed E-state index contributed by atoms with van der Waals surface area (Å²) in [6.07, 6.45) is 0. The lowest BCUT2D eigenvalue weighted by atomic mass is 10.1. The van der Waals surface area contributed by atoms with Gasteiger partial charge in [-0.1, -0.05) is 11.6 Å². The molecule has 1 amide bonds. The van der Waals surface area contributed by atoms with E-state index < -0.39 is 17.5 Å². The molecule has 0 aliphatic rings. The second-order valence-electron chi connectivity index (χ2n) is 3.96. The number of nitrogens with one attached hydrogen (secondary N) is 1. The van der Waals surface area contributed by atoms with Gasteiger partial charge in [-0.25, -0.2) is 18.7 Å². The minimum absolute atomic E-state index is 0.0517. The lowest BCUT2D eigenvalue weighted by Crippen LogP contribution is -2.17. The van der Waals surface area contributed by atoms with Crippen LogP contribution in [0.1, 0.15) is 16.1 Å². The Morgan fingerprint density at radius 2 is 1.90 bits per heavy atom. The fraction of sp³-hybridized carbons (Fsp3) is 0.0833. The highest BCUT2D eigenvalue weighted by Crippen LogP contribution is 2.18. The summed E-state index contributed by atoms with van der Waals surface area (Å²) in [5.41, 5.74) is 5.60. The van der Waals surface area contributed by atoms with Crippen LogP contribution in [-0.2, 0) is 0 Å². The topological polar surface area (TPSA) is 80.9 Å². The van der Waals surface area contributed by atoms with Crippen LogP contribution in [0.4, 0.5) is 20.4 Å². The summed E-state index contributed by atoms with van der Waals surface area (Å²) in [5.74, 6) is -3.12. The largest absolute Gasteiger partial charge is 0.398 e. The van der Waals surface area contributed by atoms with E-state index in [0.29, 0.717) is 11.8 Å². The molecule has 20 heavy (non-hydrogen) atoms. The van der Waals surface area contributed by atoms with Crippen LogP contribution in [-0.4, -0.2) is 15.9 Å². The summed E-state index contributed by atoms with van der Waals surface area (Å²) < 4.78 is 26.1. The van der Waals surface area contributed by atoms with Crippen molar-refractivity contribution in [3.8, 4) is 0 Å². The molecule has 0 fully saturated rings. The maximum Gasteiger partial charge on any atom is 0.260 e. The van der Waals surface area contributed by atoms with Crippen molar-refractivity contribution in [1.29, 1.82) is 0 Å². The average Bonchev–Trinajstić information content (AvgIpc) is 2.32. The minimum atomic E-state index is -1.17. The number of carbonyl (C=O) groups excluding carboxylic acids is 1. The molecule has 0 radical (unpaired) electrons. The summed E-state index contributed by atoms with van der Waals surface area (Å²) in [6.45, 7) is 1.66. The van der Waals surface area contributed by atoms with Crippen LogP contribution in [0.3, 0.4) is 0 Å². The number of carbonyl (C=O) groups is 1. The lowest BCUT2D eigenvalue weighted by Gasteiger charge is -2.07. The number of halogens is 3. The molecule has 3 N–H and O–H groups in total. The molecule has 0 saturated heterocycles. The summed E-state index contributed by atoms with van der Waals surface area (Å²) in [4.78, 5) is 19.6. The Morgan fingerprint density at radius 3 is 2.55 bits per heavy atom. The van der Waals surface area contributed by atoms with Gasteiger partial charge in [0, 0.05) is 17.4 Å². The highest BCUT2D eigenvalue weighted by atomic mass is 35.5. The van der Waals surface area contributed by atoms with Crippen molar-refractivity contribution in [3.05, 3.63) is 46.2 Å². The molecule has 0 saturated carbocycles.